The van der Waals surface area contributed by atoms with Crippen molar-refractivity contribution in [2.24, 2.45) is 11.5 Å². The third-order valence-electron chi connectivity index (χ3n) is 1.02. The lowest BCUT2D eigenvalue weighted by atomic mass is 10.4. The molecule has 0 atom stereocenters. The molecular formula is C4H6N6O2. The van der Waals surface area contributed by atoms with Gasteiger partial charge >= 0.3 is 6.03 Å². The van der Waals surface area contributed by atoms with Crippen LogP contribution in [-0.2, 0) is 0 Å². The summed E-state index contributed by atoms with van der Waals surface area (Å²) < 4.78 is 0. The second kappa shape index (κ2) is 2.86. The van der Waals surface area contributed by atoms with Gasteiger partial charge in [0.05, 0.1) is 0 Å². The normalized spacial score (nSPS) is 9.33. The topological polar surface area (TPSA) is 140 Å². The van der Waals surface area contributed by atoms with Crippen LogP contribution >= 0.6 is 0 Å². The van der Waals surface area contributed by atoms with Crippen molar-refractivity contribution < 1.29 is 9.59 Å². The van der Waals surface area contributed by atoms with Crippen LogP contribution in [0, 0.1) is 0 Å². The molecule has 0 saturated heterocycles. The Bertz CT molecular complexity index is 317. The molecule has 0 aromatic carbocycles. The minimum Gasteiger partial charge on any atom is -0.364 e. The average molecular weight is 170 g/mol. The maximum atomic E-state index is 10.6. The van der Waals surface area contributed by atoms with Crippen molar-refractivity contribution in [3.05, 3.63) is 5.69 Å². The minimum absolute atomic E-state index is 0.0741. The van der Waals surface area contributed by atoms with Crippen LogP contribution in [0.15, 0.2) is 0 Å². The summed E-state index contributed by atoms with van der Waals surface area (Å²) in [5.74, 6) is -0.873. The van der Waals surface area contributed by atoms with Crippen LogP contribution < -0.4 is 16.8 Å². The number of anilines is 1. The number of nitrogens with one attached hydrogen (secondary N) is 2. The van der Waals surface area contributed by atoms with Crippen molar-refractivity contribution in [3.8, 4) is 0 Å². The first-order chi connectivity index (χ1) is 5.61. The Morgan fingerprint density at radius 3 is 2.50 bits per heavy atom. The quantitative estimate of drug-likeness (QED) is 0.424. The van der Waals surface area contributed by atoms with Gasteiger partial charge < -0.3 is 11.5 Å². The number of nitrogens with two attached hydrogens (primary N) is 2. The van der Waals surface area contributed by atoms with Gasteiger partial charge in [-0.2, -0.15) is 5.21 Å². The number of aromatic amines is 1. The summed E-state index contributed by atoms with van der Waals surface area (Å²) in [6, 6.07) is -0.841. The molecule has 6 N–H and O–H groups in total. The van der Waals surface area contributed by atoms with Gasteiger partial charge in [-0.05, 0) is 0 Å². The van der Waals surface area contributed by atoms with E-state index >= 15 is 0 Å². The standard InChI is InChI=1S/C4H6N6O2/c5-2(11)1-3(7-4(6)12)9-10-8-1/h(H2,5,11)(H4,6,7,8,9,10,12). The SMILES string of the molecule is NC(=O)Nc1n[nH]nc1C(N)=O. The fraction of sp³-hybridized carbons (Fsp3) is 0. The summed E-state index contributed by atoms with van der Waals surface area (Å²) in [4.78, 5) is 20.9. The van der Waals surface area contributed by atoms with E-state index in [9.17, 15) is 9.59 Å². The molecule has 0 bridgehead atoms. The van der Waals surface area contributed by atoms with Crippen LogP contribution in [0.2, 0.25) is 0 Å². The maximum Gasteiger partial charge on any atom is 0.317 e. The van der Waals surface area contributed by atoms with Gasteiger partial charge in [0.15, 0.2) is 11.5 Å². The predicted octanol–water partition coefficient (Wildman–Crippen LogP) is -1.61. The van der Waals surface area contributed by atoms with Crippen molar-refractivity contribution in [2.75, 3.05) is 5.32 Å². The molecule has 0 fully saturated rings. The van der Waals surface area contributed by atoms with Gasteiger partial charge in [-0.25, -0.2) is 4.79 Å². The average Bonchev–Trinajstić information content (AvgIpc) is 2.33. The summed E-state index contributed by atoms with van der Waals surface area (Å²) in [7, 11) is 0. The highest BCUT2D eigenvalue weighted by Crippen LogP contribution is 2.04. The molecule has 8 heteroatoms. The number of carbonyl (C=O) groups excluding carboxylic acids is 2. The fourth-order valence-corrected chi connectivity index (χ4v) is 0.607. The van der Waals surface area contributed by atoms with E-state index in [0.717, 1.165) is 0 Å². The van der Waals surface area contributed by atoms with Crippen LogP contribution in [0.5, 0.6) is 0 Å². The van der Waals surface area contributed by atoms with Crippen LogP contribution in [0.25, 0.3) is 0 Å². The number of aromatic nitrogens is 3. The summed E-state index contributed by atoms with van der Waals surface area (Å²) in [5, 5.41) is 11.0. The Hall–Kier alpha value is -2.12. The van der Waals surface area contributed by atoms with Crippen molar-refractivity contribution in [3.63, 3.8) is 0 Å². The molecule has 0 spiro atoms. The number of H-pyrrole nitrogens is 1. The molecular weight excluding hydrogens is 164 g/mol. The molecule has 0 aliphatic carbocycles. The van der Waals surface area contributed by atoms with Crippen LogP contribution in [0.3, 0.4) is 0 Å². The molecule has 0 aliphatic heterocycles. The lowest BCUT2D eigenvalue weighted by Crippen LogP contribution is -2.22. The van der Waals surface area contributed by atoms with Crippen LogP contribution in [0.4, 0.5) is 10.6 Å². The van der Waals surface area contributed by atoms with Gasteiger partial charge in [-0.3, -0.25) is 10.1 Å². The summed E-state index contributed by atoms with van der Waals surface area (Å²) >= 11 is 0. The molecule has 1 heterocycles. The highest BCUT2D eigenvalue weighted by atomic mass is 16.2. The number of amides is 3. The van der Waals surface area contributed by atoms with Gasteiger partial charge in [0.25, 0.3) is 5.91 Å². The van der Waals surface area contributed by atoms with E-state index in [-0.39, 0.29) is 11.5 Å². The van der Waals surface area contributed by atoms with E-state index in [0.29, 0.717) is 0 Å². The number of hydrogen-bond acceptors (Lipinski definition) is 4. The Kier molecular flexibility index (Phi) is 1.90. The van der Waals surface area contributed by atoms with Gasteiger partial charge in [0, 0.05) is 0 Å². The highest BCUT2D eigenvalue weighted by Gasteiger charge is 2.13. The third-order valence-corrected chi connectivity index (χ3v) is 1.02. The number of rotatable bonds is 2. The summed E-state index contributed by atoms with van der Waals surface area (Å²) in [6.45, 7) is 0. The van der Waals surface area contributed by atoms with Crippen molar-refractivity contribution in [1.29, 1.82) is 0 Å². The number of carbonyl (C=O) groups is 2. The van der Waals surface area contributed by atoms with E-state index in [1.165, 1.54) is 0 Å². The van der Waals surface area contributed by atoms with Gasteiger partial charge in [-0.15, -0.1) is 10.2 Å². The Labute approximate surface area is 66.3 Å². The summed E-state index contributed by atoms with van der Waals surface area (Å²) in [6.07, 6.45) is 0. The molecule has 64 valence electrons. The van der Waals surface area contributed by atoms with E-state index in [1.807, 2.05) is 0 Å². The van der Waals surface area contributed by atoms with Crippen LogP contribution in [0.1, 0.15) is 10.5 Å². The zero-order valence-electron chi connectivity index (χ0n) is 5.87. The number of nitrogens with zero attached hydrogens (tertiary/aromatic N) is 2. The zero-order valence-corrected chi connectivity index (χ0v) is 5.87. The van der Waals surface area contributed by atoms with Crippen LogP contribution in [-0.4, -0.2) is 27.3 Å². The van der Waals surface area contributed by atoms with Gasteiger partial charge in [0.1, 0.15) is 0 Å². The predicted molar refractivity (Wildman–Crippen MR) is 38.1 cm³/mol. The Balaban J connectivity index is 2.91. The first-order valence-corrected chi connectivity index (χ1v) is 2.88. The third kappa shape index (κ3) is 1.48. The van der Waals surface area contributed by atoms with Crippen molar-refractivity contribution in [1.82, 2.24) is 15.4 Å². The number of primary amides is 2. The first kappa shape index (κ1) is 7.98. The molecule has 0 unspecified atom stereocenters. The minimum atomic E-state index is -0.841. The Morgan fingerprint density at radius 2 is 2.00 bits per heavy atom. The first-order valence-electron chi connectivity index (χ1n) is 2.88. The van der Waals surface area contributed by atoms with Gasteiger partial charge in [-0.1, -0.05) is 0 Å². The lowest BCUT2D eigenvalue weighted by molar-refractivity contribution is 0.0996. The maximum absolute atomic E-state index is 10.6. The highest BCUT2D eigenvalue weighted by molar-refractivity contribution is 5.99. The van der Waals surface area contributed by atoms with Crippen molar-refractivity contribution >= 4 is 17.8 Å². The smallest absolute Gasteiger partial charge is 0.317 e. The number of urea groups is 1. The molecule has 8 nitrogen and oxygen atoms in total. The molecule has 1 aromatic heterocycles. The second-order valence-electron chi connectivity index (χ2n) is 1.87. The number of hydrogen-bond donors (Lipinski definition) is 4. The Morgan fingerprint density at radius 1 is 1.33 bits per heavy atom. The van der Waals surface area contributed by atoms with E-state index in [1.54, 1.807) is 0 Å². The molecule has 0 saturated carbocycles. The second-order valence-corrected chi connectivity index (χ2v) is 1.87. The lowest BCUT2D eigenvalue weighted by Gasteiger charge is -1.95. The molecule has 1 rings (SSSR count). The molecule has 0 aliphatic rings. The van der Waals surface area contributed by atoms with Gasteiger partial charge in [0.2, 0.25) is 0 Å². The molecule has 12 heavy (non-hydrogen) atoms. The monoisotopic (exact) mass is 170 g/mol. The van der Waals surface area contributed by atoms with E-state index in [4.69, 9.17) is 11.5 Å². The van der Waals surface area contributed by atoms with E-state index in [2.05, 4.69) is 20.7 Å². The molecule has 0 radical (unpaired) electrons. The largest absolute Gasteiger partial charge is 0.364 e. The molecule has 3 amide bonds. The van der Waals surface area contributed by atoms with Crippen molar-refractivity contribution in [2.45, 2.75) is 0 Å². The van der Waals surface area contributed by atoms with E-state index < -0.39 is 11.9 Å². The fourth-order valence-electron chi connectivity index (χ4n) is 0.607. The zero-order chi connectivity index (χ0) is 9.14. The summed E-state index contributed by atoms with van der Waals surface area (Å²) in [5.41, 5.74) is 9.49. The molecule has 1 aromatic rings.